The molecular formula is C18H37N7O8. The Bertz CT molecular complexity index is 583. The second-order valence-electron chi connectivity index (χ2n) is 7.00. The van der Waals surface area contributed by atoms with Crippen LogP contribution in [0, 0.1) is 5.41 Å². The lowest BCUT2D eigenvalue weighted by Gasteiger charge is -2.06. The van der Waals surface area contributed by atoms with Crippen molar-refractivity contribution in [2.24, 2.45) is 17.2 Å². The summed E-state index contributed by atoms with van der Waals surface area (Å²) in [5, 5.41) is 47.7. The van der Waals surface area contributed by atoms with Crippen LogP contribution in [0.25, 0.3) is 0 Å². The van der Waals surface area contributed by atoms with Crippen molar-refractivity contribution < 1.29 is 39.6 Å². The van der Waals surface area contributed by atoms with Gasteiger partial charge in [-0.25, -0.2) is 0 Å². The molecule has 14 N–H and O–H groups in total. The Hall–Kier alpha value is -3.01. The first-order chi connectivity index (χ1) is 15.4. The van der Waals surface area contributed by atoms with Crippen molar-refractivity contribution in [2.75, 3.05) is 26.2 Å². The molecule has 0 aromatic rings. The van der Waals surface area contributed by atoms with E-state index in [0.29, 0.717) is 19.4 Å². The highest BCUT2D eigenvalue weighted by atomic mass is 16.4. The van der Waals surface area contributed by atoms with E-state index in [1.165, 1.54) is 0 Å². The SMILES string of the molecule is N=C(N)NCCC[C@H](N)C(=O)O.NCC(=O)O.O=C(O)[C@@H]1CCCN1.O=C(O)[C@@H]1CCCN1. The summed E-state index contributed by atoms with van der Waals surface area (Å²) < 4.78 is 0. The Kier molecular flexibility index (Phi) is 19.2. The van der Waals surface area contributed by atoms with Crippen molar-refractivity contribution in [1.82, 2.24) is 16.0 Å². The van der Waals surface area contributed by atoms with Gasteiger partial charge in [-0.15, -0.1) is 0 Å². The standard InChI is InChI=1S/C6H14N4O2.2C5H9NO2.C2H5NO2/c7-4(5(11)12)2-1-3-10-6(8)9;2*7-5(8)4-2-1-3-6-4;3-1-2(4)5/h4H,1-3,7H2,(H,11,12)(H4,8,9,10);2*4,6H,1-3H2,(H,7,8);1,3H2,(H,4,5)/t3*4-;/m000./s1. The lowest BCUT2D eigenvalue weighted by atomic mass is 10.2. The summed E-state index contributed by atoms with van der Waals surface area (Å²) in [6.07, 6.45) is 4.54. The van der Waals surface area contributed by atoms with Gasteiger partial charge >= 0.3 is 23.9 Å². The molecule has 3 atom stereocenters. The third-order valence-electron chi connectivity index (χ3n) is 4.22. The average molecular weight is 480 g/mol. The first kappa shape index (κ1) is 32.2. The highest BCUT2D eigenvalue weighted by molar-refractivity contribution is 5.75. The van der Waals surface area contributed by atoms with Crippen LogP contribution >= 0.6 is 0 Å². The molecule has 0 aromatic heterocycles. The van der Waals surface area contributed by atoms with Gasteiger partial charge in [-0.1, -0.05) is 0 Å². The first-order valence-electron chi connectivity index (χ1n) is 10.3. The predicted octanol–water partition coefficient (Wildman–Crippen LogP) is -2.66. The van der Waals surface area contributed by atoms with Crippen molar-refractivity contribution in [3.63, 3.8) is 0 Å². The molecule has 0 amide bonds. The van der Waals surface area contributed by atoms with E-state index in [-0.39, 0.29) is 24.6 Å². The van der Waals surface area contributed by atoms with Crippen molar-refractivity contribution >= 4 is 29.8 Å². The Morgan fingerprint density at radius 1 is 0.970 bits per heavy atom. The molecule has 2 rings (SSSR count). The van der Waals surface area contributed by atoms with E-state index in [9.17, 15) is 19.2 Å². The van der Waals surface area contributed by atoms with Crippen LogP contribution in [-0.2, 0) is 19.2 Å². The van der Waals surface area contributed by atoms with Crippen molar-refractivity contribution in [3.05, 3.63) is 0 Å². The minimum Gasteiger partial charge on any atom is -0.480 e. The van der Waals surface area contributed by atoms with Gasteiger partial charge in [0.15, 0.2) is 5.96 Å². The largest absolute Gasteiger partial charge is 0.480 e. The van der Waals surface area contributed by atoms with Gasteiger partial charge in [0.2, 0.25) is 0 Å². The van der Waals surface area contributed by atoms with Crippen LogP contribution < -0.4 is 33.2 Å². The summed E-state index contributed by atoms with van der Waals surface area (Å²) in [5.74, 6) is -3.52. The maximum Gasteiger partial charge on any atom is 0.320 e. The third kappa shape index (κ3) is 20.6. The lowest BCUT2D eigenvalue weighted by Crippen LogP contribution is -2.34. The van der Waals surface area contributed by atoms with Crippen LogP contribution in [0.1, 0.15) is 38.5 Å². The van der Waals surface area contributed by atoms with Crippen LogP contribution in [0.15, 0.2) is 0 Å². The summed E-state index contributed by atoms with van der Waals surface area (Å²) in [4.78, 5) is 39.7. The normalized spacial score (nSPS) is 19.2. The number of nitrogens with two attached hydrogens (primary N) is 3. The van der Waals surface area contributed by atoms with Crippen LogP contribution in [-0.4, -0.2) is 94.6 Å². The Morgan fingerprint density at radius 2 is 1.39 bits per heavy atom. The molecule has 0 aromatic carbocycles. The molecule has 2 saturated heterocycles. The molecule has 2 aliphatic heterocycles. The Balaban J connectivity index is 0. The van der Waals surface area contributed by atoms with Gasteiger partial charge in [-0.2, -0.15) is 0 Å². The molecule has 2 fully saturated rings. The number of aliphatic carboxylic acids is 4. The maximum atomic E-state index is 10.2. The fourth-order valence-corrected chi connectivity index (χ4v) is 2.46. The number of hydrogen-bond acceptors (Lipinski definition) is 9. The molecule has 2 aliphatic rings. The number of carboxylic acid groups (broad SMARTS) is 4. The monoisotopic (exact) mass is 479 g/mol. The molecule has 0 unspecified atom stereocenters. The minimum absolute atomic E-state index is 0.112. The maximum absolute atomic E-state index is 10.2. The molecule has 15 nitrogen and oxygen atoms in total. The van der Waals surface area contributed by atoms with Gasteiger partial charge in [0.25, 0.3) is 0 Å². The zero-order valence-electron chi connectivity index (χ0n) is 18.5. The van der Waals surface area contributed by atoms with Gasteiger partial charge in [-0.3, -0.25) is 24.6 Å². The zero-order valence-corrected chi connectivity index (χ0v) is 18.5. The quantitative estimate of drug-likeness (QED) is 0.0962. The average Bonchev–Trinajstić information content (AvgIpc) is 3.46. The third-order valence-corrected chi connectivity index (χ3v) is 4.22. The van der Waals surface area contributed by atoms with Gasteiger partial charge in [0.05, 0.1) is 6.54 Å². The topological polar surface area (TPSA) is 287 Å². The van der Waals surface area contributed by atoms with Crippen LogP contribution in [0.2, 0.25) is 0 Å². The number of carbonyl (C=O) groups is 4. The molecule has 33 heavy (non-hydrogen) atoms. The minimum atomic E-state index is -1.00. The molecule has 0 radical (unpaired) electrons. The lowest BCUT2D eigenvalue weighted by molar-refractivity contribution is -0.140. The summed E-state index contributed by atoms with van der Waals surface area (Å²) in [5.41, 5.74) is 14.8. The van der Waals surface area contributed by atoms with Crippen LogP contribution in [0.4, 0.5) is 0 Å². The van der Waals surface area contributed by atoms with E-state index in [1.807, 2.05) is 0 Å². The van der Waals surface area contributed by atoms with E-state index in [0.717, 1.165) is 38.8 Å². The second-order valence-corrected chi connectivity index (χ2v) is 7.00. The molecule has 0 spiro atoms. The molecule has 0 aliphatic carbocycles. The number of hydrogen-bond donors (Lipinski definition) is 11. The van der Waals surface area contributed by atoms with E-state index < -0.39 is 29.9 Å². The second kappa shape index (κ2) is 19.7. The molecule has 2 heterocycles. The fourth-order valence-electron chi connectivity index (χ4n) is 2.46. The Labute approximate surface area is 191 Å². The van der Waals surface area contributed by atoms with Crippen LogP contribution in [0.3, 0.4) is 0 Å². The van der Waals surface area contributed by atoms with E-state index in [1.54, 1.807) is 0 Å². The van der Waals surface area contributed by atoms with E-state index >= 15 is 0 Å². The molecule has 192 valence electrons. The van der Waals surface area contributed by atoms with E-state index in [2.05, 4.69) is 21.7 Å². The number of nitrogens with one attached hydrogen (secondary N) is 4. The number of rotatable bonds is 8. The van der Waals surface area contributed by atoms with Crippen molar-refractivity contribution in [2.45, 2.75) is 56.7 Å². The smallest absolute Gasteiger partial charge is 0.320 e. The summed E-state index contributed by atoms with van der Waals surface area (Å²) in [6.45, 7) is 1.92. The van der Waals surface area contributed by atoms with Gasteiger partial charge in [-0.05, 0) is 51.6 Å². The molecular weight excluding hydrogens is 442 g/mol. The molecule has 0 bridgehead atoms. The van der Waals surface area contributed by atoms with E-state index in [4.69, 9.17) is 37.3 Å². The highest BCUT2D eigenvalue weighted by Gasteiger charge is 2.20. The van der Waals surface area contributed by atoms with Gasteiger partial charge < -0.3 is 53.6 Å². The zero-order chi connectivity index (χ0) is 25.8. The first-order valence-corrected chi connectivity index (χ1v) is 10.3. The highest BCUT2D eigenvalue weighted by Crippen LogP contribution is 2.04. The Morgan fingerprint density at radius 3 is 1.61 bits per heavy atom. The molecule has 15 heteroatoms. The summed E-state index contributed by atoms with van der Waals surface area (Å²) in [7, 11) is 0. The van der Waals surface area contributed by atoms with Gasteiger partial charge in [0.1, 0.15) is 18.1 Å². The summed E-state index contributed by atoms with van der Waals surface area (Å²) >= 11 is 0. The fraction of sp³-hybridized carbons (Fsp3) is 0.722. The molecule has 0 saturated carbocycles. The predicted molar refractivity (Wildman–Crippen MR) is 119 cm³/mol. The van der Waals surface area contributed by atoms with Crippen molar-refractivity contribution in [1.29, 1.82) is 5.41 Å². The van der Waals surface area contributed by atoms with Gasteiger partial charge in [0, 0.05) is 6.54 Å². The van der Waals surface area contributed by atoms with Crippen LogP contribution in [0.5, 0.6) is 0 Å². The van der Waals surface area contributed by atoms with Crippen molar-refractivity contribution in [3.8, 4) is 0 Å². The number of carboxylic acids is 4. The summed E-state index contributed by atoms with van der Waals surface area (Å²) in [6, 6.07) is -1.36. The number of guanidine groups is 1.